The zero-order valence-electron chi connectivity index (χ0n) is 8.09. The summed E-state index contributed by atoms with van der Waals surface area (Å²) in [5, 5.41) is 6.58. The fraction of sp³-hybridized carbons (Fsp3) is 0.667. The van der Waals surface area contributed by atoms with Crippen molar-refractivity contribution in [1.82, 2.24) is 10.3 Å². The molecular weight excluding hydrogens is 168 g/mol. The van der Waals surface area contributed by atoms with Crippen molar-refractivity contribution in [2.24, 2.45) is 5.92 Å². The third kappa shape index (κ3) is 2.05. The second-order valence-corrected chi connectivity index (χ2v) is 4.23. The standard InChI is InChI=1S/C9H16N2S/c1-6(2)8(10-4)9-11-7(3)5-12-9/h5-6,8,10H,1-4H3. The predicted octanol–water partition coefficient (Wildman–Crippen LogP) is 2.37. The maximum atomic E-state index is 4.46. The van der Waals surface area contributed by atoms with E-state index < -0.39 is 0 Å². The summed E-state index contributed by atoms with van der Waals surface area (Å²) in [5.41, 5.74) is 1.12. The average Bonchev–Trinajstić information content (AvgIpc) is 2.37. The lowest BCUT2D eigenvalue weighted by Gasteiger charge is -2.16. The van der Waals surface area contributed by atoms with Gasteiger partial charge in [-0.05, 0) is 19.9 Å². The molecule has 0 aliphatic carbocycles. The van der Waals surface area contributed by atoms with Gasteiger partial charge < -0.3 is 5.32 Å². The largest absolute Gasteiger partial charge is 0.311 e. The normalized spacial score (nSPS) is 13.8. The first-order valence-electron chi connectivity index (χ1n) is 4.24. The maximum Gasteiger partial charge on any atom is 0.110 e. The molecule has 1 N–H and O–H groups in total. The van der Waals surface area contributed by atoms with Crippen LogP contribution in [0, 0.1) is 12.8 Å². The molecule has 1 heterocycles. The van der Waals surface area contributed by atoms with Crippen molar-refractivity contribution in [3.05, 3.63) is 16.1 Å². The summed E-state index contributed by atoms with van der Waals surface area (Å²) >= 11 is 1.74. The van der Waals surface area contributed by atoms with E-state index >= 15 is 0 Å². The number of aryl methyl sites for hydroxylation is 1. The van der Waals surface area contributed by atoms with E-state index in [0.29, 0.717) is 12.0 Å². The number of hydrogen-bond acceptors (Lipinski definition) is 3. The third-order valence-corrected chi connectivity index (χ3v) is 2.93. The lowest BCUT2D eigenvalue weighted by Crippen LogP contribution is -2.21. The van der Waals surface area contributed by atoms with E-state index in [4.69, 9.17) is 0 Å². The first-order chi connectivity index (χ1) is 5.65. The highest BCUT2D eigenvalue weighted by molar-refractivity contribution is 7.09. The van der Waals surface area contributed by atoms with Crippen molar-refractivity contribution in [3.63, 3.8) is 0 Å². The van der Waals surface area contributed by atoms with E-state index in [-0.39, 0.29) is 0 Å². The average molecular weight is 184 g/mol. The van der Waals surface area contributed by atoms with Gasteiger partial charge in [0.1, 0.15) is 5.01 Å². The van der Waals surface area contributed by atoms with Crippen molar-refractivity contribution in [2.75, 3.05) is 7.05 Å². The van der Waals surface area contributed by atoms with E-state index in [1.165, 1.54) is 5.01 Å². The zero-order chi connectivity index (χ0) is 9.14. The molecule has 3 heteroatoms. The number of aromatic nitrogens is 1. The Hall–Kier alpha value is -0.410. The summed E-state index contributed by atoms with van der Waals surface area (Å²) in [6.45, 7) is 6.45. The Morgan fingerprint density at radius 2 is 2.17 bits per heavy atom. The Morgan fingerprint density at radius 3 is 2.50 bits per heavy atom. The quantitative estimate of drug-likeness (QED) is 0.780. The molecule has 0 aliphatic rings. The van der Waals surface area contributed by atoms with Crippen LogP contribution in [0.4, 0.5) is 0 Å². The summed E-state index contributed by atoms with van der Waals surface area (Å²) in [6.07, 6.45) is 0. The summed E-state index contributed by atoms with van der Waals surface area (Å²) in [4.78, 5) is 4.46. The van der Waals surface area contributed by atoms with Crippen molar-refractivity contribution in [3.8, 4) is 0 Å². The van der Waals surface area contributed by atoms with Crippen molar-refractivity contribution < 1.29 is 0 Å². The van der Waals surface area contributed by atoms with E-state index in [0.717, 1.165) is 5.69 Å². The van der Waals surface area contributed by atoms with Gasteiger partial charge in [0.15, 0.2) is 0 Å². The van der Waals surface area contributed by atoms with Crippen LogP contribution in [0.3, 0.4) is 0 Å². The molecule has 0 saturated heterocycles. The van der Waals surface area contributed by atoms with Gasteiger partial charge >= 0.3 is 0 Å². The molecule has 0 fully saturated rings. The van der Waals surface area contributed by atoms with E-state index in [1.807, 2.05) is 14.0 Å². The topological polar surface area (TPSA) is 24.9 Å². The van der Waals surface area contributed by atoms with Crippen LogP contribution in [0.25, 0.3) is 0 Å². The summed E-state index contributed by atoms with van der Waals surface area (Å²) < 4.78 is 0. The molecule has 0 amide bonds. The third-order valence-electron chi connectivity index (χ3n) is 1.88. The van der Waals surface area contributed by atoms with E-state index in [9.17, 15) is 0 Å². The van der Waals surface area contributed by atoms with Gasteiger partial charge in [-0.1, -0.05) is 13.8 Å². The van der Waals surface area contributed by atoms with Crippen LogP contribution in [0.1, 0.15) is 30.6 Å². The Balaban J connectivity index is 2.80. The minimum Gasteiger partial charge on any atom is -0.311 e. The fourth-order valence-electron chi connectivity index (χ4n) is 1.26. The van der Waals surface area contributed by atoms with Crippen LogP contribution < -0.4 is 5.32 Å². The fourth-order valence-corrected chi connectivity index (χ4v) is 2.33. The Bertz CT molecular complexity index is 242. The Labute approximate surface area is 78.0 Å². The number of nitrogens with zero attached hydrogens (tertiary/aromatic N) is 1. The molecule has 0 aromatic carbocycles. The molecule has 2 nitrogen and oxygen atoms in total. The minimum atomic E-state index is 0.406. The first kappa shape index (κ1) is 9.68. The summed E-state index contributed by atoms with van der Waals surface area (Å²) in [7, 11) is 1.99. The number of hydrogen-bond donors (Lipinski definition) is 1. The van der Waals surface area contributed by atoms with Gasteiger partial charge in [0.05, 0.1) is 6.04 Å². The Kier molecular flexibility index (Phi) is 3.23. The molecule has 1 aromatic rings. The highest BCUT2D eigenvalue weighted by Gasteiger charge is 2.15. The van der Waals surface area contributed by atoms with Gasteiger partial charge in [-0.3, -0.25) is 0 Å². The highest BCUT2D eigenvalue weighted by Crippen LogP contribution is 2.23. The molecule has 0 radical (unpaired) electrons. The zero-order valence-corrected chi connectivity index (χ0v) is 8.90. The van der Waals surface area contributed by atoms with Gasteiger partial charge in [0, 0.05) is 11.1 Å². The van der Waals surface area contributed by atoms with Gasteiger partial charge in [-0.15, -0.1) is 11.3 Å². The molecule has 0 saturated carbocycles. The minimum absolute atomic E-state index is 0.406. The smallest absolute Gasteiger partial charge is 0.110 e. The van der Waals surface area contributed by atoms with Crippen molar-refractivity contribution >= 4 is 11.3 Å². The van der Waals surface area contributed by atoms with Crippen LogP contribution >= 0.6 is 11.3 Å². The second kappa shape index (κ2) is 4.01. The molecule has 0 spiro atoms. The molecule has 68 valence electrons. The van der Waals surface area contributed by atoms with Crippen molar-refractivity contribution in [2.45, 2.75) is 26.8 Å². The van der Waals surface area contributed by atoms with E-state index in [2.05, 4.69) is 29.5 Å². The second-order valence-electron chi connectivity index (χ2n) is 3.34. The molecular formula is C9H16N2S. The molecule has 0 aliphatic heterocycles. The van der Waals surface area contributed by atoms with E-state index in [1.54, 1.807) is 11.3 Å². The van der Waals surface area contributed by atoms with Gasteiger partial charge in [0.25, 0.3) is 0 Å². The molecule has 1 rings (SSSR count). The van der Waals surface area contributed by atoms with Crippen LogP contribution in [0.15, 0.2) is 5.38 Å². The van der Waals surface area contributed by atoms with Crippen LogP contribution in [-0.2, 0) is 0 Å². The number of rotatable bonds is 3. The van der Waals surface area contributed by atoms with Crippen molar-refractivity contribution in [1.29, 1.82) is 0 Å². The van der Waals surface area contributed by atoms with Crippen LogP contribution in [0.5, 0.6) is 0 Å². The molecule has 1 aromatic heterocycles. The van der Waals surface area contributed by atoms with Gasteiger partial charge in [-0.25, -0.2) is 4.98 Å². The summed E-state index contributed by atoms with van der Waals surface area (Å²) in [6, 6.07) is 0.406. The van der Waals surface area contributed by atoms with Gasteiger partial charge in [-0.2, -0.15) is 0 Å². The lowest BCUT2D eigenvalue weighted by molar-refractivity contribution is 0.441. The molecule has 1 unspecified atom stereocenters. The van der Waals surface area contributed by atoms with Gasteiger partial charge in [0.2, 0.25) is 0 Å². The molecule has 12 heavy (non-hydrogen) atoms. The first-order valence-corrected chi connectivity index (χ1v) is 5.12. The monoisotopic (exact) mass is 184 g/mol. The molecule has 0 bridgehead atoms. The van der Waals surface area contributed by atoms with Crippen LogP contribution in [-0.4, -0.2) is 12.0 Å². The number of nitrogens with one attached hydrogen (secondary N) is 1. The molecule has 1 atom stereocenters. The lowest BCUT2D eigenvalue weighted by atomic mass is 10.1. The predicted molar refractivity (Wildman–Crippen MR) is 53.5 cm³/mol. The Morgan fingerprint density at radius 1 is 1.50 bits per heavy atom. The summed E-state index contributed by atoms with van der Waals surface area (Å²) in [5.74, 6) is 0.598. The highest BCUT2D eigenvalue weighted by atomic mass is 32.1. The SMILES string of the molecule is CNC(c1nc(C)cs1)C(C)C. The van der Waals surface area contributed by atoms with Crippen LogP contribution in [0.2, 0.25) is 0 Å². The number of thiazole rings is 1. The maximum absolute atomic E-state index is 4.46.